The molecule has 4 aromatic rings. The molecule has 1 aromatic heterocycles. The minimum atomic E-state index is -0.958. The molecule has 0 unspecified atom stereocenters. The summed E-state index contributed by atoms with van der Waals surface area (Å²) in [7, 11) is 0. The Hall–Kier alpha value is -3.73. The van der Waals surface area contributed by atoms with E-state index in [-0.39, 0.29) is 11.4 Å². The first kappa shape index (κ1) is 18.6. The maximum absolute atomic E-state index is 13.4. The van der Waals surface area contributed by atoms with Crippen LogP contribution in [-0.2, 0) is 6.54 Å². The number of aromatic carboxylic acids is 1. The number of aromatic nitrogens is 1. The third-order valence-electron chi connectivity index (χ3n) is 4.93. The lowest BCUT2D eigenvalue weighted by Crippen LogP contribution is -1.99. The zero-order valence-electron chi connectivity index (χ0n) is 15.8. The van der Waals surface area contributed by atoms with Gasteiger partial charge in [-0.1, -0.05) is 24.3 Å². The minimum absolute atomic E-state index is 0.236. The van der Waals surface area contributed by atoms with Crippen molar-refractivity contribution < 1.29 is 14.3 Å². The van der Waals surface area contributed by atoms with Gasteiger partial charge in [-0.15, -0.1) is 0 Å². The van der Waals surface area contributed by atoms with Gasteiger partial charge < -0.3 is 9.67 Å². The Balaban J connectivity index is 1.60. The Morgan fingerprint density at radius 2 is 1.93 bits per heavy atom. The van der Waals surface area contributed by atoms with Gasteiger partial charge in [0, 0.05) is 29.9 Å². The predicted octanol–water partition coefficient (Wildman–Crippen LogP) is 5.59. The van der Waals surface area contributed by atoms with Gasteiger partial charge in [0.2, 0.25) is 0 Å². The maximum atomic E-state index is 13.4. The molecule has 0 aliphatic heterocycles. The summed E-state index contributed by atoms with van der Waals surface area (Å²) in [5.74, 6) is -1.19. The van der Waals surface area contributed by atoms with Crippen LogP contribution in [0.5, 0.6) is 0 Å². The van der Waals surface area contributed by atoms with E-state index in [2.05, 4.69) is 9.56 Å². The van der Waals surface area contributed by atoms with E-state index in [1.807, 2.05) is 36.5 Å². The number of nitrogens with zero attached hydrogens (tertiary/aromatic N) is 2. The van der Waals surface area contributed by atoms with Gasteiger partial charge in [0.1, 0.15) is 5.82 Å². The minimum Gasteiger partial charge on any atom is -0.478 e. The SMILES string of the molecule is Cc1c(N=Cc2ccc3c(ccn3Cc3cccc(F)c3)c2)cccc1C(=O)O. The molecule has 0 aliphatic carbocycles. The van der Waals surface area contributed by atoms with Gasteiger partial charge in [0.15, 0.2) is 0 Å². The van der Waals surface area contributed by atoms with Crippen molar-refractivity contribution in [1.29, 1.82) is 0 Å². The molecular weight excluding hydrogens is 367 g/mol. The van der Waals surface area contributed by atoms with Gasteiger partial charge in [-0.05, 0) is 66.1 Å². The summed E-state index contributed by atoms with van der Waals surface area (Å²) in [6.07, 6.45) is 3.72. The van der Waals surface area contributed by atoms with E-state index in [0.717, 1.165) is 22.0 Å². The van der Waals surface area contributed by atoms with E-state index in [4.69, 9.17) is 0 Å². The van der Waals surface area contributed by atoms with Crippen LogP contribution in [0.2, 0.25) is 0 Å². The summed E-state index contributed by atoms with van der Waals surface area (Å²) in [5, 5.41) is 10.3. The molecule has 0 bridgehead atoms. The number of hydrogen-bond acceptors (Lipinski definition) is 2. The Labute approximate surface area is 167 Å². The summed E-state index contributed by atoms with van der Waals surface area (Å²) in [5.41, 5.74) is 4.40. The lowest BCUT2D eigenvalue weighted by atomic mass is 10.1. The van der Waals surface area contributed by atoms with E-state index in [9.17, 15) is 14.3 Å². The first-order chi connectivity index (χ1) is 14.0. The average Bonchev–Trinajstić information content (AvgIpc) is 3.09. The fourth-order valence-electron chi connectivity index (χ4n) is 3.41. The Morgan fingerprint density at radius 3 is 2.72 bits per heavy atom. The smallest absolute Gasteiger partial charge is 0.336 e. The van der Waals surface area contributed by atoms with Crippen molar-refractivity contribution in [1.82, 2.24) is 4.57 Å². The highest BCUT2D eigenvalue weighted by Crippen LogP contribution is 2.23. The molecule has 0 spiro atoms. The van der Waals surface area contributed by atoms with Crippen molar-refractivity contribution in [2.75, 3.05) is 0 Å². The second-order valence-corrected chi connectivity index (χ2v) is 6.90. The second kappa shape index (κ2) is 7.72. The zero-order valence-corrected chi connectivity index (χ0v) is 15.8. The third-order valence-corrected chi connectivity index (χ3v) is 4.93. The number of carboxylic acid groups (broad SMARTS) is 1. The van der Waals surface area contributed by atoms with Crippen molar-refractivity contribution in [3.8, 4) is 0 Å². The number of aliphatic imine (C=N–C) groups is 1. The van der Waals surface area contributed by atoms with Crippen molar-refractivity contribution in [3.05, 3.63) is 101 Å². The van der Waals surface area contributed by atoms with Crippen LogP contribution in [0.25, 0.3) is 10.9 Å². The number of benzene rings is 3. The molecule has 144 valence electrons. The first-order valence-electron chi connectivity index (χ1n) is 9.21. The molecule has 4 rings (SSSR count). The molecule has 0 radical (unpaired) electrons. The fourth-order valence-corrected chi connectivity index (χ4v) is 3.41. The van der Waals surface area contributed by atoms with Gasteiger partial charge in [-0.25, -0.2) is 9.18 Å². The number of carboxylic acids is 1. The Kier molecular flexibility index (Phi) is 4.96. The second-order valence-electron chi connectivity index (χ2n) is 6.90. The van der Waals surface area contributed by atoms with Gasteiger partial charge in [0.25, 0.3) is 0 Å². The van der Waals surface area contributed by atoms with E-state index in [1.165, 1.54) is 6.07 Å². The van der Waals surface area contributed by atoms with Crippen LogP contribution in [0.1, 0.15) is 27.0 Å². The molecule has 0 aliphatic rings. The molecule has 0 saturated carbocycles. The summed E-state index contributed by atoms with van der Waals surface area (Å²) in [6, 6.07) is 19.7. The van der Waals surface area contributed by atoms with Gasteiger partial charge in [-0.3, -0.25) is 4.99 Å². The van der Waals surface area contributed by atoms with E-state index in [0.29, 0.717) is 17.8 Å². The van der Waals surface area contributed by atoms with Crippen molar-refractivity contribution >= 4 is 28.8 Å². The summed E-state index contributed by atoms with van der Waals surface area (Å²) in [4.78, 5) is 15.7. The quantitative estimate of drug-likeness (QED) is 0.455. The van der Waals surface area contributed by atoms with Crippen LogP contribution in [0.15, 0.2) is 77.9 Å². The van der Waals surface area contributed by atoms with E-state index < -0.39 is 5.97 Å². The fraction of sp³-hybridized carbons (Fsp3) is 0.0833. The molecule has 1 N–H and O–H groups in total. The number of halogens is 1. The summed E-state index contributed by atoms with van der Waals surface area (Å²) >= 11 is 0. The van der Waals surface area contributed by atoms with Crippen LogP contribution in [0, 0.1) is 12.7 Å². The highest BCUT2D eigenvalue weighted by Gasteiger charge is 2.09. The lowest BCUT2D eigenvalue weighted by molar-refractivity contribution is 0.0696. The van der Waals surface area contributed by atoms with Gasteiger partial charge >= 0.3 is 5.97 Å². The zero-order chi connectivity index (χ0) is 20.4. The average molecular weight is 386 g/mol. The highest BCUT2D eigenvalue weighted by atomic mass is 19.1. The topological polar surface area (TPSA) is 54.6 Å². The number of carbonyl (C=O) groups is 1. The van der Waals surface area contributed by atoms with Crippen molar-refractivity contribution in [2.45, 2.75) is 13.5 Å². The molecule has 0 fully saturated rings. The van der Waals surface area contributed by atoms with Gasteiger partial charge in [0.05, 0.1) is 11.3 Å². The normalized spacial score (nSPS) is 11.4. The van der Waals surface area contributed by atoms with Crippen LogP contribution in [0.4, 0.5) is 10.1 Å². The molecule has 0 atom stereocenters. The predicted molar refractivity (Wildman–Crippen MR) is 113 cm³/mol. The van der Waals surface area contributed by atoms with Gasteiger partial charge in [-0.2, -0.15) is 0 Å². The summed E-state index contributed by atoms with van der Waals surface area (Å²) in [6.45, 7) is 2.35. The highest BCUT2D eigenvalue weighted by molar-refractivity contribution is 5.93. The molecule has 4 nitrogen and oxygen atoms in total. The maximum Gasteiger partial charge on any atom is 0.336 e. The van der Waals surface area contributed by atoms with Crippen molar-refractivity contribution in [2.24, 2.45) is 4.99 Å². The Bertz CT molecular complexity index is 1240. The molecular formula is C24H19FN2O2. The standard InChI is InChI=1S/C24H19FN2O2/c1-16-21(24(28)29)6-3-7-22(16)26-14-17-8-9-23-19(12-17)10-11-27(23)15-18-4-2-5-20(25)13-18/h2-14H,15H2,1H3,(H,28,29). The summed E-state index contributed by atoms with van der Waals surface area (Å²) < 4.78 is 15.5. The molecule has 3 aromatic carbocycles. The van der Waals surface area contributed by atoms with Crippen LogP contribution >= 0.6 is 0 Å². The van der Waals surface area contributed by atoms with Crippen LogP contribution in [0.3, 0.4) is 0 Å². The van der Waals surface area contributed by atoms with Crippen LogP contribution in [-0.4, -0.2) is 21.9 Å². The molecule has 5 heteroatoms. The molecule has 0 saturated heterocycles. The Morgan fingerprint density at radius 1 is 1.10 bits per heavy atom. The number of fused-ring (bicyclic) bond motifs is 1. The van der Waals surface area contributed by atoms with Crippen molar-refractivity contribution in [3.63, 3.8) is 0 Å². The molecule has 0 amide bonds. The molecule has 29 heavy (non-hydrogen) atoms. The lowest BCUT2D eigenvalue weighted by Gasteiger charge is -2.06. The monoisotopic (exact) mass is 386 g/mol. The van der Waals surface area contributed by atoms with E-state index in [1.54, 1.807) is 43.5 Å². The third kappa shape index (κ3) is 3.94. The first-order valence-corrected chi connectivity index (χ1v) is 9.21. The largest absolute Gasteiger partial charge is 0.478 e. The number of hydrogen-bond donors (Lipinski definition) is 1. The van der Waals surface area contributed by atoms with Crippen LogP contribution < -0.4 is 0 Å². The molecule has 1 heterocycles. The van der Waals surface area contributed by atoms with E-state index >= 15 is 0 Å². The number of rotatable bonds is 5.